The highest BCUT2D eigenvalue weighted by Crippen LogP contribution is 2.45. The van der Waals surface area contributed by atoms with Crippen molar-refractivity contribution in [2.75, 3.05) is 39.6 Å². The molecule has 0 spiro atoms. The number of carbonyl (C=O) groups excluding carboxylic acids is 4. The Bertz CT molecular complexity index is 2050. The van der Waals surface area contributed by atoms with Crippen molar-refractivity contribution < 1.29 is 80.2 Å². The van der Waals surface area contributed by atoms with E-state index in [4.69, 9.17) is 37.0 Å². The predicted octanol–water partition coefficient (Wildman–Crippen LogP) is 26.5. The van der Waals surface area contributed by atoms with Gasteiger partial charge in [-0.15, -0.1) is 0 Å². The van der Waals surface area contributed by atoms with Crippen molar-refractivity contribution in [3.63, 3.8) is 0 Å². The van der Waals surface area contributed by atoms with E-state index in [0.717, 1.165) is 108 Å². The third-order valence-corrected chi connectivity index (χ3v) is 22.6. The minimum absolute atomic E-state index is 0.106. The van der Waals surface area contributed by atoms with Crippen molar-refractivity contribution in [2.45, 2.75) is 478 Å². The molecule has 19 heteroatoms. The number of carbonyl (C=O) groups is 4. The number of phosphoric ester groups is 2. The van der Waals surface area contributed by atoms with Crippen LogP contribution in [0, 0.1) is 17.8 Å². The van der Waals surface area contributed by atoms with Gasteiger partial charge in [0.15, 0.2) is 12.2 Å². The maximum absolute atomic E-state index is 13.2. The van der Waals surface area contributed by atoms with E-state index in [-0.39, 0.29) is 25.7 Å². The fourth-order valence-corrected chi connectivity index (χ4v) is 15.1. The third kappa shape index (κ3) is 78.7. The lowest BCUT2D eigenvalue weighted by Crippen LogP contribution is -2.30. The quantitative estimate of drug-likeness (QED) is 0.0222. The molecule has 0 saturated carbocycles. The van der Waals surface area contributed by atoms with Crippen LogP contribution in [0.3, 0.4) is 0 Å². The second-order valence-corrected chi connectivity index (χ2v) is 35.4. The number of aliphatic hydroxyl groups excluding tert-OH is 1. The van der Waals surface area contributed by atoms with E-state index in [2.05, 4.69) is 48.5 Å². The van der Waals surface area contributed by atoms with E-state index in [1.807, 2.05) is 0 Å². The number of aliphatic hydroxyl groups is 1. The largest absolute Gasteiger partial charge is 0.472 e. The van der Waals surface area contributed by atoms with Crippen molar-refractivity contribution in [3.8, 4) is 0 Å². The van der Waals surface area contributed by atoms with Gasteiger partial charge in [-0.05, 0) is 43.4 Å². The van der Waals surface area contributed by atoms with Crippen LogP contribution in [-0.2, 0) is 65.4 Å². The molecule has 0 amide bonds. The van der Waals surface area contributed by atoms with E-state index in [1.54, 1.807) is 0 Å². The van der Waals surface area contributed by atoms with Gasteiger partial charge in [0.25, 0.3) is 0 Å². The maximum atomic E-state index is 13.2. The highest BCUT2D eigenvalue weighted by atomic mass is 31.2. The molecule has 0 aliphatic rings. The number of hydrogen-bond acceptors (Lipinski definition) is 15. The van der Waals surface area contributed by atoms with Crippen LogP contribution in [0.1, 0.15) is 459 Å². The Morgan fingerprint density at radius 2 is 0.481 bits per heavy atom. The van der Waals surface area contributed by atoms with E-state index in [0.29, 0.717) is 25.7 Å². The van der Waals surface area contributed by atoms with Gasteiger partial charge in [-0.1, -0.05) is 408 Å². The molecule has 0 rings (SSSR count). The first-order chi connectivity index (χ1) is 51.3. The molecular weight excluding hydrogens is 1380 g/mol. The first-order valence-electron chi connectivity index (χ1n) is 44.9. The van der Waals surface area contributed by atoms with Crippen LogP contribution in [0.5, 0.6) is 0 Å². The highest BCUT2D eigenvalue weighted by molar-refractivity contribution is 7.47. The van der Waals surface area contributed by atoms with Crippen LogP contribution in [0.4, 0.5) is 0 Å². The molecule has 0 aromatic rings. The molecule has 6 atom stereocenters. The molecule has 0 aliphatic heterocycles. The summed E-state index contributed by atoms with van der Waals surface area (Å²) in [6, 6.07) is 0. The van der Waals surface area contributed by atoms with Gasteiger partial charge in [0.1, 0.15) is 19.3 Å². The van der Waals surface area contributed by atoms with Crippen molar-refractivity contribution in [1.29, 1.82) is 0 Å². The molecule has 0 fully saturated rings. The molecule has 0 aromatic heterocycles. The lowest BCUT2D eigenvalue weighted by atomic mass is 9.99. The van der Waals surface area contributed by atoms with Gasteiger partial charge in [0.05, 0.1) is 26.4 Å². The molecule has 0 radical (unpaired) electrons. The van der Waals surface area contributed by atoms with Crippen molar-refractivity contribution >= 4 is 39.5 Å². The Kier molecular flexibility index (Phi) is 75.6. The number of phosphoric acid groups is 2. The van der Waals surface area contributed by atoms with Crippen LogP contribution in [0.15, 0.2) is 0 Å². The molecule has 3 unspecified atom stereocenters. The fraction of sp³-hybridized carbons (Fsp3) is 0.954. The standard InChI is InChI=1S/C87H170O17P2/c1-8-10-11-12-13-14-15-16-17-18-19-20-21-22-23-26-30-33-41-49-56-63-70-86(91)103-82(74-97-84(89)68-61-54-47-40-32-29-27-24-25-28-31-37-44-51-58-65-78(3)4)76-101-105(93,94)99-72-81(88)73-100-106(95,96)102-77-83(75-98-85(90)69-62-55-48-43-36-38-45-52-59-66-79(5)6)104-87(92)71-64-57-50-42-35-34-39-46-53-60-67-80(7)9-2/h78-83,88H,8-77H2,1-7H3,(H,93,94)(H,95,96)/t80?,81-,82-,83-/m1/s1. The van der Waals surface area contributed by atoms with Crippen molar-refractivity contribution in [2.24, 2.45) is 17.8 Å². The number of hydrogen-bond donors (Lipinski definition) is 3. The minimum Gasteiger partial charge on any atom is -0.462 e. The van der Waals surface area contributed by atoms with Crippen molar-refractivity contribution in [1.82, 2.24) is 0 Å². The van der Waals surface area contributed by atoms with Crippen LogP contribution >= 0.6 is 15.6 Å². The zero-order chi connectivity index (χ0) is 77.9. The normalized spacial score (nSPS) is 14.1. The number of rotatable bonds is 85. The van der Waals surface area contributed by atoms with E-state index in [1.165, 1.54) is 270 Å². The van der Waals surface area contributed by atoms with Gasteiger partial charge in [0, 0.05) is 25.7 Å². The monoisotopic (exact) mass is 1550 g/mol. The Morgan fingerprint density at radius 3 is 0.717 bits per heavy atom. The first-order valence-corrected chi connectivity index (χ1v) is 47.9. The maximum Gasteiger partial charge on any atom is 0.472 e. The molecule has 17 nitrogen and oxygen atoms in total. The molecule has 630 valence electrons. The van der Waals surface area contributed by atoms with Gasteiger partial charge < -0.3 is 33.8 Å². The summed E-state index contributed by atoms with van der Waals surface area (Å²) in [5, 5.41) is 10.7. The zero-order valence-corrected chi connectivity index (χ0v) is 71.7. The Hall–Kier alpha value is -1.94. The molecular formula is C87H170O17P2. The molecule has 3 N–H and O–H groups in total. The average Bonchev–Trinajstić information content (AvgIpc) is 0.902. The van der Waals surface area contributed by atoms with Crippen LogP contribution in [0.25, 0.3) is 0 Å². The highest BCUT2D eigenvalue weighted by Gasteiger charge is 2.31. The Morgan fingerprint density at radius 1 is 0.274 bits per heavy atom. The summed E-state index contributed by atoms with van der Waals surface area (Å²) in [4.78, 5) is 73.3. The molecule has 0 aromatic carbocycles. The summed E-state index contributed by atoms with van der Waals surface area (Å²) in [6.45, 7) is 12.0. The van der Waals surface area contributed by atoms with Crippen LogP contribution < -0.4 is 0 Å². The molecule has 0 saturated heterocycles. The second-order valence-electron chi connectivity index (χ2n) is 32.5. The van der Waals surface area contributed by atoms with Gasteiger partial charge in [-0.25, -0.2) is 9.13 Å². The average molecular weight is 1550 g/mol. The summed E-state index contributed by atoms with van der Waals surface area (Å²) in [7, 11) is -9.93. The van der Waals surface area contributed by atoms with E-state index < -0.39 is 97.5 Å². The Balaban J connectivity index is 5.24. The minimum atomic E-state index is -4.97. The second kappa shape index (κ2) is 77.0. The van der Waals surface area contributed by atoms with Gasteiger partial charge in [-0.3, -0.25) is 37.3 Å². The van der Waals surface area contributed by atoms with Gasteiger partial charge in [0.2, 0.25) is 0 Å². The first kappa shape index (κ1) is 104. The number of ether oxygens (including phenoxy) is 4. The lowest BCUT2D eigenvalue weighted by molar-refractivity contribution is -0.161. The number of esters is 4. The molecule has 0 aliphatic carbocycles. The molecule has 106 heavy (non-hydrogen) atoms. The SMILES string of the molecule is CCCCCCCCCCCCCCCCCCCCCCCCC(=O)O[C@H](COC(=O)CCCCCCCCCCCCCCCCCC(C)C)COP(=O)(O)OC[C@@H](O)COP(=O)(O)OC[C@@H](COC(=O)CCCCCCCCCCCC(C)C)OC(=O)CCCCCCCCCCCCC(C)CC. The summed E-state index contributed by atoms with van der Waals surface area (Å²) in [6.07, 6.45) is 68.1. The summed E-state index contributed by atoms with van der Waals surface area (Å²) in [5.74, 6) is 0.248. The lowest BCUT2D eigenvalue weighted by Gasteiger charge is -2.21. The number of unbranched alkanes of at least 4 members (excludes halogenated alkanes) is 52. The summed E-state index contributed by atoms with van der Waals surface area (Å²) in [5.41, 5.74) is 0. The van der Waals surface area contributed by atoms with Crippen LogP contribution in [0.2, 0.25) is 0 Å². The van der Waals surface area contributed by atoms with E-state index >= 15 is 0 Å². The topological polar surface area (TPSA) is 237 Å². The fourth-order valence-electron chi connectivity index (χ4n) is 13.5. The van der Waals surface area contributed by atoms with Gasteiger partial charge >= 0.3 is 39.5 Å². The third-order valence-electron chi connectivity index (χ3n) is 20.7. The molecule has 0 bridgehead atoms. The summed E-state index contributed by atoms with van der Waals surface area (Å²) >= 11 is 0. The van der Waals surface area contributed by atoms with Crippen LogP contribution in [-0.4, -0.2) is 96.7 Å². The Labute approximate surface area is 651 Å². The predicted molar refractivity (Wildman–Crippen MR) is 437 cm³/mol. The van der Waals surface area contributed by atoms with Gasteiger partial charge in [-0.2, -0.15) is 0 Å². The van der Waals surface area contributed by atoms with E-state index in [9.17, 15) is 43.2 Å². The van der Waals surface area contributed by atoms with Crippen molar-refractivity contribution in [3.05, 3.63) is 0 Å². The summed E-state index contributed by atoms with van der Waals surface area (Å²) < 4.78 is 68.9. The zero-order valence-electron chi connectivity index (χ0n) is 69.9. The smallest absolute Gasteiger partial charge is 0.462 e. The molecule has 0 heterocycles.